The van der Waals surface area contributed by atoms with E-state index in [1.165, 1.54) is 12.0 Å². The van der Waals surface area contributed by atoms with E-state index in [4.69, 9.17) is 14.2 Å². The molecule has 1 amide bonds. The first-order chi connectivity index (χ1) is 9.24. The minimum atomic E-state index is -1.11. The van der Waals surface area contributed by atoms with E-state index < -0.39 is 17.7 Å². The molecule has 1 aliphatic heterocycles. The Morgan fingerprint density at radius 3 is 2.50 bits per heavy atom. The summed E-state index contributed by atoms with van der Waals surface area (Å²) in [4.78, 5) is 24.5. The van der Waals surface area contributed by atoms with Gasteiger partial charge in [-0.1, -0.05) is 0 Å². The van der Waals surface area contributed by atoms with Crippen LogP contribution in [0.1, 0.15) is 27.2 Å². The number of amides is 1. The molecule has 0 unspecified atom stereocenters. The van der Waals surface area contributed by atoms with Crippen molar-refractivity contribution in [1.82, 2.24) is 4.90 Å². The van der Waals surface area contributed by atoms with E-state index in [9.17, 15) is 14.7 Å². The van der Waals surface area contributed by atoms with Crippen LogP contribution in [0.4, 0.5) is 4.79 Å². The number of methoxy groups -OCH3 is 1. The van der Waals surface area contributed by atoms with Crippen LogP contribution in [-0.2, 0) is 19.0 Å². The van der Waals surface area contributed by atoms with Crippen LogP contribution in [-0.4, -0.2) is 54.7 Å². The molecule has 1 heterocycles. The molecule has 0 spiro atoms. The van der Waals surface area contributed by atoms with Gasteiger partial charge >= 0.3 is 12.1 Å². The Bertz CT molecular complexity index is 410. The van der Waals surface area contributed by atoms with Gasteiger partial charge in [0.05, 0.1) is 12.1 Å². The van der Waals surface area contributed by atoms with Gasteiger partial charge in [-0.15, -0.1) is 0 Å². The molecule has 1 aliphatic rings. The van der Waals surface area contributed by atoms with Crippen LogP contribution in [0.2, 0.25) is 0 Å². The Hall–Kier alpha value is -1.76. The molecule has 0 atom stereocenters. The summed E-state index contributed by atoms with van der Waals surface area (Å²) in [7, 11) is 1.46. The van der Waals surface area contributed by atoms with Crippen molar-refractivity contribution in [3.05, 3.63) is 11.3 Å². The highest BCUT2D eigenvalue weighted by Gasteiger charge is 2.30. The smallest absolute Gasteiger partial charge is 0.410 e. The molecule has 0 radical (unpaired) electrons. The predicted molar refractivity (Wildman–Crippen MR) is 70.0 cm³/mol. The Morgan fingerprint density at radius 1 is 1.35 bits per heavy atom. The van der Waals surface area contributed by atoms with Crippen molar-refractivity contribution in [1.29, 1.82) is 0 Å². The second kappa shape index (κ2) is 6.60. The Balaban J connectivity index is 2.77. The first-order valence-corrected chi connectivity index (χ1v) is 6.29. The highest BCUT2D eigenvalue weighted by atomic mass is 16.7. The van der Waals surface area contributed by atoms with E-state index >= 15 is 0 Å². The maximum atomic E-state index is 11.9. The van der Waals surface area contributed by atoms with Gasteiger partial charge in [0.25, 0.3) is 0 Å². The maximum Gasteiger partial charge on any atom is 0.410 e. The zero-order chi connectivity index (χ0) is 15.3. The van der Waals surface area contributed by atoms with E-state index in [2.05, 4.69) is 0 Å². The number of nitrogens with zero attached hydrogens (tertiary/aromatic N) is 1. The molecule has 0 bridgehead atoms. The molecule has 0 aromatic carbocycles. The van der Waals surface area contributed by atoms with E-state index in [1.54, 1.807) is 20.8 Å². The SMILES string of the molecule is COCOC1=C(C(=O)O)CN(C(=O)OC(C)(C)C)CC1. The molecular formula is C13H21NO6. The number of carbonyl (C=O) groups is 2. The molecule has 0 aromatic rings. The van der Waals surface area contributed by atoms with Crippen molar-refractivity contribution >= 4 is 12.1 Å². The van der Waals surface area contributed by atoms with Crippen molar-refractivity contribution in [3.63, 3.8) is 0 Å². The number of rotatable bonds is 4. The number of ether oxygens (including phenoxy) is 3. The summed E-state index contributed by atoms with van der Waals surface area (Å²) < 4.78 is 15.2. The minimum absolute atomic E-state index is 0.0153. The number of hydrogen-bond acceptors (Lipinski definition) is 5. The number of aliphatic carboxylic acids is 1. The van der Waals surface area contributed by atoms with Crippen molar-refractivity contribution in [3.8, 4) is 0 Å². The third-order valence-corrected chi connectivity index (χ3v) is 2.56. The van der Waals surface area contributed by atoms with E-state index in [0.717, 1.165) is 0 Å². The minimum Gasteiger partial charge on any atom is -0.478 e. The van der Waals surface area contributed by atoms with Crippen LogP contribution in [0.3, 0.4) is 0 Å². The topological polar surface area (TPSA) is 85.3 Å². The molecule has 20 heavy (non-hydrogen) atoms. The van der Waals surface area contributed by atoms with Gasteiger partial charge in [-0.3, -0.25) is 0 Å². The number of hydrogen-bond donors (Lipinski definition) is 1. The van der Waals surface area contributed by atoms with E-state index in [0.29, 0.717) is 18.7 Å². The Kier molecular flexibility index (Phi) is 5.38. The third-order valence-electron chi connectivity index (χ3n) is 2.56. The first-order valence-electron chi connectivity index (χ1n) is 6.29. The van der Waals surface area contributed by atoms with Crippen molar-refractivity contribution in [2.45, 2.75) is 32.8 Å². The molecule has 114 valence electrons. The van der Waals surface area contributed by atoms with Gasteiger partial charge in [-0.25, -0.2) is 9.59 Å². The molecule has 7 heteroatoms. The zero-order valence-electron chi connectivity index (χ0n) is 12.3. The van der Waals surface area contributed by atoms with Gasteiger partial charge in [0.2, 0.25) is 0 Å². The quantitative estimate of drug-likeness (QED) is 0.790. The summed E-state index contributed by atoms with van der Waals surface area (Å²) in [5.41, 5.74) is -0.559. The lowest BCUT2D eigenvalue weighted by molar-refractivity contribution is -0.133. The highest BCUT2D eigenvalue weighted by molar-refractivity contribution is 5.88. The molecule has 0 saturated heterocycles. The molecule has 0 saturated carbocycles. The lowest BCUT2D eigenvalue weighted by Gasteiger charge is -2.31. The van der Waals surface area contributed by atoms with Gasteiger partial charge in [0.15, 0.2) is 6.79 Å². The molecule has 0 fully saturated rings. The summed E-state index contributed by atoms with van der Waals surface area (Å²) in [6.07, 6.45) is -0.202. The van der Waals surface area contributed by atoms with Crippen LogP contribution in [0.25, 0.3) is 0 Å². The van der Waals surface area contributed by atoms with Crippen LogP contribution < -0.4 is 0 Å². The number of carboxylic acids is 1. The van der Waals surface area contributed by atoms with Crippen LogP contribution >= 0.6 is 0 Å². The predicted octanol–water partition coefficient (Wildman–Crippen LogP) is 1.59. The molecule has 0 aromatic heterocycles. The normalized spacial score (nSPS) is 16.1. The van der Waals surface area contributed by atoms with Gasteiger partial charge in [-0.05, 0) is 20.8 Å². The summed E-state index contributed by atoms with van der Waals surface area (Å²) in [6.45, 7) is 5.58. The number of carbonyl (C=O) groups excluding carboxylic acids is 1. The van der Waals surface area contributed by atoms with Gasteiger partial charge < -0.3 is 24.2 Å². The zero-order valence-corrected chi connectivity index (χ0v) is 12.3. The van der Waals surface area contributed by atoms with Gasteiger partial charge in [0, 0.05) is 20.1 Å². The Morgan fingerprint density at radius 2 is 2.00 bits per heavy atom. The van der Waals surface area contributed by atoms with Crippen LogP contribution in [0, 0.1) is 0 Å². The fraction of sp³-hybridized carbons (Fsp3) is 0.692. The Labute approximate surface area is 118 Å². The van der Waals surface area contributed by atoms with Crippen molar-refractivity contribution in [2.24, 2.45) is 0 Å². The summed E-state index contributed by atoms with van der Waals surface area (Å²) >= 11 is 0. The fourth-order valence-electron chi connectivity index (χ4n) is 1.70. The standard InChI is InChI=1S/C13H21NO6/c1-13(2,3)20-12(17)14-6-5-10(19-8-18-4)9(7-14)11(15)16/h5-8H2,1-4H3,(H,15,16). The average Bonchev–Trinajstić information content (AvgIpc) is 2.33. The molecule has 7 nitrogen and oxygen atoms in total. The van der Waals surface area contributed by atoms with Gasteiger partial charge in [-0.2, -0.15) is 0 Å². The first kappa shape index (κ1) is 16.3. The van der Waals surface area contributed by atoms with Crippen LogP contribution in [0.5, 0.6) is 0 Å². The third kappa shape index (κ3) is 4.73. The highest BCUT2D eigenvalue weighted by Crippen LogP contribution is 2.21. The maximum absolute atomic E-state index is 11.9. The molecule has 0 aliphatic carbocycles. The second-order valence-electron chi connectivity index (χ2n) is 5.41. The number of carboxylic acid groups (broad SMARTS) is 1. The average molecular weight is 287 g/mol. The van der Waals surface area contributed by atoms with E-state index in [-0.39, 0.29) is 18.9 Å². The van der Waals surface area contributed by atoms with Crippen LogP contribution in [0.15, 0.2) is 11.3 Å². The summed E-state index contributed by atoms with van der Waals surface area (Å²) in [6, 6.07) is 0. The molecule has 1 N–H and O–H groups in total. The lowest BCUT2D eigenvalue weighted by Crippen LogP contribution is -2.42. The second-order valence-corrected chi connectivity index (χ2v) is 5.41. The summed E-state index contributed by atoms with van der Waals surface area (Å²) in [5, 5.41) is 9.18. The van der Waals surface area contributed by atoms with Gasteiger partial charge in [0.1, 0.15) is 11.4 Å². The fourth-order valence-corrected chi connectivity index (χ4v) is 1.70. The molecule has 1 rings (SSSR count). The van der Waals surface area contributed by atoms with Crippen molar-refractivity contribution in [2.75, 3.05) is 27.0 Å². The molecular weight excluding hydrogens is 266 g/mol. The van der Waals surface area contributed by atoms with Crippen molar-refractivity contribution < 1.29 is 28.9 Å². The largest absolute Gasteiger partial charge is 0.478 e. The lowest BCUT2D eigenvalue weighted by atomic mass is 10.1. The van der Waals surface area contributed by atoms with E-state index in [1.807, 2.05) is 0 Å². The summed E-state index contributed by atoms with van der Waals surface area (Å²) in [5.74, 6) is -0.761. The monoisotopic (exact) mass is 287 g/mol.